The zero-order valence-electron chi connectivity index (χ0n) is 29.4. The van der Waals surface area contributed by atoms with Gasteiger partial charge in [0, 0.05) is 44.2 Å². The molecule has 1 amide bonds. The number of aromatic nitrogens is 2. The Kier molecular flexibility index (Phi) is 10.9. The fraction of sp³-hybridized carbons (Fsp3) is 0.385. The zero-order chi connectivity index (χ0) is 35.2. The number of halogens is 1. The van der Waals surface area contributed by atoms with Crippen LogP contribution in [0.5, 0.6) is 17.2 Å². The van der Waals surface area contributed by atoms with Crippen LogP contribution in [0.15, 0.2) is 77.2 Å². The van der Waals surface area contributed by atoms with Gasteiger partial charge in [-0.25, -0.2) is 9.37 Å². The van der Waals surface area contributed by atoms with Crippen molar-refractivity contribution in [1.29, 1.82) is 0 Å². The van der Waals surface area contributed by atoms with Crippen LogP contribution in [0.1, 0.15) is 52.6 Å². The number of carbonyl (C=O) groups excluding carboxylic acids is 1. The summed E-state index contributed by atoms with van der Waals surface area (Å²) in [6, 6.07) is 22.4. The lowest BCUT2D eigenvalue weighted by Gasteiger charge is -2.34. The van der Waals surface area contributed by atoms with E-state index in [0.29, 0.717) is 35.9 Å². The number of amides is 1. The van der Waals surface area contributed by atoms with Crippen molar-refractivity contribution in [3.05, 3.63) is 101 Å². The number of aryl methyl sites for hydroxylation is 1. The number of para-hydroxylation sites is 2. The molecule has 5 aromatic rings. The maximum atomic E-state index is 13.9. The van der Waals surface area contributed by atoms with E-state index < -0.39 is 0 Å². The van der Waals surface area contributed by atoms with Crippen LogP contribution in [0.25, 0.3) is 11.0 Å². The average Bonchev–Trinajstić information content (AvgIpc) is 3.71. The van der Waals surface area contributed by atoms with Gasteiger partial charge < -0.3 is 38.3 Å². The monoisotopic (exact) mass is 683 g/mol. The minimum absolute atomic E-state index is 0.00702. The van der Waals surface area contributed by atoms with Crippen molar-refractivity contribution in [3.8, 4) is 17.2 Å². The number of likely N-dealkylation sites (N-methyl/N-ethyl adjacent to an activating group) is 1. The number of carbonyl (C=O) groups is 1. The Morgan fingerprint density at radius 3 is 2.34 bits per heavy atom. The summed E-state index contributed by atoms with van der Waals surface area (Å²) in [5.74, 6) is 3.47. The second-order valence-electron chi connectivity index (χ2n) is 12.9. The number of nitrogens with zero attached hydrogens (tertiary/aromatic N) is 4. The number of rotatable bonds is 14. The molecule has 0 bridgehead atoms. The van der Waals surface area contributed by atoms with Gasteiger partial charge in [-0.15, -0.1) is 0 Å². The smallest absolute Gasteiger partial charge is 0.253 e. The summed E-state index contributed by atoms with van der Waals surface area (Å²) in [5.41, 5.74) is 3.46. The highest BCUT2D eigenvalue weighted by atomic mass is 19.1. The van der Waals surface area contributed by atoms with Gasteiger partial charge in [-0.1, -0.05) is 24.3 Å². The Bertz CT molecular complexity index is 1870. The van der Waals surface area contributed by atoms with Gasteiger partial charge >= 0.3 is 0 Å². The molecule has 1 N–H and O–H groups in total. The van der Waals surface area contributed by atoms with Crippen LogP contribution in [0.2, 0.25) is 0 Å². The van der Waals surface area contributed by atoms with Gasteiger partial charge in [0.1, 0.15) is 17.3 Å². The Hall–Kier alpha value is -5.03. The van der Waals surface area contributed by atoms with Crippen molar-refractivity contribution in [1.82, 2.24) is 19.4 Å². The predicted octanol–water partition coefficient (Wildman–Crippen LogP) is 6.97. The van der Waals surface area contributed by atoms with Gasteiger partial charge in [-0.3, -0.25) is 4.79 Å². The number of imidazole rings is 1. The number of hydrogen-bond acceptors (Lipinski definition) is 8. The van der Waals surface area contributed by atoms with E-state index in [2.05, 4.69) is 20.9 Å². The number of fused-ring (bicyclic) bond motifs is 1. The van der Waals surface area contributed by atoms with E-state index in [0.717, 1.165) is 73.0 Å². The molecular formula is C39H46FN5O5. The van der Waals surface area contributed by atoms with Crippen LogP contribution < -0.4 is 19.5 Å². The van der Waals surface area contributed by atoms with E-state index in [1.807, 2.05) is 49.4 Å². The number of ether oxygens (including phenoxy) is 3. The lowest BCUT2D eigenvalue weighted by atomic mass is 9.94. The molecule has 1 aliphatic heterocycles. The summed E-state index contributed by atoms with van der Waals surface area (Å²) in [5, 5.41) is 3.74. The van der Waals surface area contributed by atoms with E-state index >= 15 is 0 Å². The normalized spacial score (nSPS) is 14.4. The minimum Gasteiger partial charge on any atom is -0.493 e. The number of piperidine rings is 1. The van der Waals surface area contributed by atoms with Gasteiger partial charge in [0.15, 0.2) is 11.5 Å². The number of benzene rings is 3. The maximum Gasteiger partial charge on any atom is 0.253 e. The van der Waals surface area contributed by atoms with Crippen molar-refractivity contribution >= 4 is 22.9 Å². The van der Waals surface area contributed by atoms with Crippen LogP contribution in [0.4, 0.5) is 10.3 Å². The number of furan rings is 1. The third kappa shape index (κ3) is 7.89. The van der Waals surface area contributed by atoms with E-state index in [9.17, 15) is 9.18 Å². The molecule has 0 aliphatic carbocycles. The molecular weight excluding hydrogens is 637 g/mol. The standard InChI is InChI=1S/C39H46FN5O5/c1-26-10-15-32(50-26)25-45-34-9-7-6-8-33(34)42-39(45)41-31-17-20-44(21-18-31)19-16-28(27-11-13-30(40)14-12-27)24-43(2)38(46)29-22-35(47-3)37(49-5)36(23-29)48-4/h6-15,22-23,28,31H,16-21,24-25H2,1-5H3,(H,41,42). The number of likely N-dealkylation sites (tertiary alicyclic amines) is 1. The van der Waals surface area contributed by atoms with Crippen molar-refractivity contribution in [2.75, 3.05) is 59.9 Å². The third-order valence-corrected chi connectivity index (χ3v) is 9.57. The molecule has 0 saturated carbocycles. The molecule has 3 aromatic carbocycles. The minimum atomic E-state index is -0.281. The largest absolute Gasteiger partial charge is 0.493 e. The van der Waals surface area contributed by atoms with Gasteiger partial charge in [0.05, 0.1) is 38.9 Å². The first-order valence-electron chi connectivity index (χ1n) is 17.1. The second-order valence-corrected chi connectivity index (χ2v) is 12.9. The third-order valence-electron chi connectivity index (χ3n) is 9.57. The van der Waals surface area contributed by atoms with Crippen molar-refractivity contribution in [2.24, 2.45) is 0 Å². The SMILES string of the molecule is COc1cc(C(=O)N(C)CC(CCN2CCC(Nc3nc4ccccc4n3Cc3ccc(C)o3)CC2)c2ccc(F)cc2)cc(OC)c1OC. The van der Waals surface area contributed by atoms with Crippen LogP contribution in [0, 0.1) is 12.7 Å². The van der Waals surface area contributed by atoms with Crippen LogP contribution >= 0.6 is 0 Å². The Balaban J connectivity index is 1.10. The molecule has 0 radical (unpaired) electrons. The molecule has 6 rings (SSSR count). The highest BCUT2D eigenvalue weighted by Crippen LogP contribution is 2.38. The number of methoxy groups -OCH3 is 3. The second kappa shape index (κ2) is 15.7. The number of anilines is 1. The zero-order valence-corrected chi connectivity index (χ0v) is 29.4. The highest BCUT2D eigenvalue weighted by molar-refractivity contribution is 5.95. The molecule has 1 aliphatic rings. The van der Waals surface area contributed by atoms with E-state index in [1.54, 1.807) is 24.1 Å². The first kappa shape index (κ1) is 34.8. The average molecular weight is 684 g/mol. The fourth-order valence-corrected chi connectivity index (χ4v) is 6.83. The van der Waals surface area contributed by atoms with E-state index in [-0.39, 0.29) is 23.7 Å². The fourth-order valence-electron chi connectivity index (χ4n) is 6.83. The first-order chi connectivity index (χ1) is 24.3. The summed E-state index contributed by atoms with van der Waals surface area (Å²) < 4.78 is 38.4. The molecule has 1 fully saturated rings. The Morgan fingerprint density at radius 1 is 1.00 bits per heavy atom. The summed E-state index contributed by atoms with van der Waals surface area (Å²) in [4.78, 5) is 22.8. The van der Waals surface area contributed by atoms with Gasteiger partial charge in [-0.2, -0.15) is 0 Å². The topological polar surface area (TPSA) is 94.2 Å². The van der Waals surface area contributed by atoms with Crippen molar-refractivity contribution in [3.63, 3.8) is 0 Å². The maximum absolute atomic E-state index is 13.9. The van der Waals surface area contributed by atoms with Crippen molar-refractivity contribution in [2.45, 2.75) is 44.7 Å². The summed E-state index contributed by atoms with van der Waals surface area (Å²) in [6.07, 6.45) is 2.77. The molecule has 11 heteroatoms. The number of hydrogen-bond donors (Lipinski definition) is 1. The quantitative estimate of drug-likeness (QED) is 0.134. The first-order valence-corrected chi connectivity index (χ1v) is 17.1. The predicted molar refractivity (Wildman–Crippen MR) is 192 cm³/mol. The van der Waals surface area contributed by atoms with E-state index in [1.165, 1.54) is 33.5 Å². The molecule has 50 heavy (non-hydrogen) atoms. The van der Waals surface area contributed by atoms with Gasteiger partial charge in [-0.05, 0) is 86.8 Å². The van der Waals surface area contributed by atoms with Crippen molar-refractivity contribution < 1.29 is 27.8 Å². The Labute approximate surface area is 292 Å². The molecule has 1 unspecified atom stereocenters. The molecule has 10 nitrogen and oxygen atoms in total. The van der Waals surface area contributed by atoms with Crippen LogP contribution in [-0.4, -0.2) is 85.9 Å². The molecule has 264 valence electrons. The Morgan fingerprint density at radius 2 is 1.70 bits per heavy atom. The number of nitrogens with one attached hydrogen (secondary N) is 1. The molecule has 1 saturated heterocycles. The highest BCUT2D eigenvalue weighted by Gasteiger charge is 2.25. The lowest BCUT2D eigenvalue weighted by molar-refractivity contribution is 0.0781. The lowest BCUT2D eigenvalue weighted by Crippen LogP contribution is -2.40. The van der Waals surface area contributed by atoms with E-state index in [4.69, 9.17) is 23.6 Å². The van der Waals surface area contributed by atoms with Gasteiger partial charge in [0.2, 0.25) is 11.7 Å². The van der Waals surface area contributed by atoms with Crippen LogP contribution in [-0.2, 0) is 6.54 Å². The summed E-state index contributed by atoms with van der Waals surface area (Å²) in [6.45, 7) is 5.76. The van der Waals surface area contributed by atoms with Crippen LogP contribution in [0.3, 0.4) is 0 Å². The molecule has 2 aromatic heterocycles. The van der Waals surface area contributed by atoms with Gasteiger partial charge in [0.25, 0.3) is 5.91 Å². The summed E-state index contributed by atoms with van der Waals surface area (Å²) >= 11 is 0. The molecule has 3 heterocycles. The summed E-state index contributed by atoms with van der Waals surface area (Å²) in [7, 11) is 6.37. The molecule has 1 atom stereocenters. The molecule has 0 spiro atoms.